The number of hydrogen-bond acceptors (Lipinski definition) is 2. The Balaban J connectivity index is 2.14. The third kappa shape index (κ3) is 3.30. The topological polar surface area (TPSA) is 21.3 Å². The fourth-order valence-electron chi connectivity index (χ4n) is 2.64. The van der Waals surface area contributed by atoms with Crippen LogP contribution >= 0.6 is 15.9 Å². The Morgan fingerprint density at radius 2 is 2.00 bits per heavy atom. The second-order valence-corrected chi connectivity index (χ2v) is 5.77. The van der Waals surface area contributed by atoms with Crippen LogP contribution in [0.5, 0.6) is 0 Å². The molecule has 2 rings (SSSR count). The molecule has 94 valence electrons. The molecule has 0 radical (unpaired) electrons. The summed E-state index contributed by atoms with van der Waals surface area (Å²) in [6, 6.07) is 8.54. The van der Waals surface area contributed by atoms with Gasteiger partial charge >= 0.3 is 0 Å². The lowest BCUT2D eigenvalue weighted by atomic mass is 9.75. The molecule has 1 aliphatic rings. The molecule has 0 aliphatic carbocycles. The van der Waals surface area contributed by atoms with E-state index in [-0.39, 0.29) is 0 Å². The number of rotatable bonds is 4. The highest BCUT2D eigenvalue weighted by atomic mass is 79.9. The average molecular weight is 298 g/mol. The first-order chi connectivity index (χ1) is 8.26. The van der Waals surface area contributed by atoms with Gasteiger partial charge in [-0.3, -0.25) is 0 Å². The van der Waals surface area contributed by atoms with E-state index < -0.39 is 0 Å². The maximum Gasteiger partial charge on any atom is 0.0471 e. The lowest BCUT2D eigenvalue weighted by molar-refractivity contribution is 0.0157. The van der Waals surface area contributed by atoms with Gasteiger partial charge in [-0.2, -0.15) is 0 Å². The van der Waals surface area contributed by atoms with Gasteiger partial charge in [0.25, 0.3) is 0 Å². The molecule has 1 saturated heterocycles. The van der Waals surface area contributed by atoms with Crippen molar-refractivity contribution < 1.29 is 4.74 Å². The van der Waals surface area contributed by atoms with Crippen LogP contribution in [0.3, 0.4) is 0 Å². The summed E-state index contributed by atoms with van der Waals surface area (Å²) in [7, 11) is 2.04. The van der Waals surface area contributed by atoms with Gasteiger partial charge in [0.2, 0.25) is 0 Å². The van der Waals surface area contributed by atoms with Crippen LogP contribution in [0, 0.1) is 5.41 Å². The van der Waals surface area contributed by atoms with Gasteiger partial charge in [0.1, 0.15) is 0 Å². The largest absolute Gasteiger partial charge is 0.381 e. The molecule has 3 heteroatoms. The van der Waals surface area contributed by atoms with Gasteiger partial charge in [-0.15, -0.1) is 0 Å². The van der Waals surface area contributed by atoms with Crippen molar-refractivity contribution in [2.45, 2.75) is 19.3 Å². The zero-order valence-electron chi connectivity index (χ0n) is 10.3. The predicted octanol–water partition coefficient (Wildman–Crippen LogP) is 3.01. The van der Waals surface area contributed by atoms with E-state index in [4.69, 9.17) is 4.74 Å². The van der Waals surface area contributed by atoms with Crippen molar-refractivity contribution in [2.24, 2.45) is 5.41 Å². The minimum atomic E-state index is 0.358. The summed E-state index contributed by atoms with van der Waals surface area (Å²) < 4.78 is 6.72. The quantitative estimate of drug-likeness (QED) is 0.922. The van der Waals surface area contributed by atoms with Crippen molar-refractivity contribution in [3.05, 3.63) is 34.3 Å². The molecule has 1 N–H and O–H groups in total. The van der Waals surface area contributed by atoms with Crippen LogP contribution in [0.4, 0.5) is 0 Å². The Kier molecular flexibility index (Phi) is 4.60. The molecule has 0 aromatic heterocycles. The number of hydrogen-bond donors (Lipinski definition) is 1. The summed E-state index contributed by atoms with van der Waals surface area (Å²) in [6.07, 6.45) is 3.42. The van der Waals surface area contributed by atoms with Crippen molar-refractivity contribution >= 4 is 15.9 Å². The van der Waals surface area contributed by atoms with Crippen molar-refractivity contribution in [1.29, 1.82) is 0 Å². The van der Waals surface area contributed by atoms with Gasteiger partial charge in [-0.1, -0.05) is 34.1 Å². The third-order valence-corrected chi connectivity index (χ3v) is 4.40. The van der Waals surface area contributed by atoms with E-state index in [1.807, 2.05) is 7.05 Å². The molecule has 0 bridgehead atoms. The molecule has 1 heterocycles. The number of benzene rings is 1. The lowest BCUT2D eigenvalue weighted by Gasteiger charge is -2.37. The van der Waals surface area contributed by atoms with Gasteiger partial charge in [0, 0.05) is 24.2 Å². The summed E-state index contributed by atoms with van der Waals surface area (Å²) in [5, 5.41) is 3.35. The Labute approximate surface area is 112 Å². The zero-order chi connectivity index (χ0) is 12.1. The highest BCUT2D eigenvalue weighted by Crippen LogP contribution is 2.35. The first-order valence-corrected chi connectivity index (χ1v) is 7.01. The van der Waals surface area contributed by atoms with Crippen molar-refractivity contribution in [1.82, 2.24) is 5.32 Å². The smallest absolute Gasteiger partial charge is 0.0471 e. The number of nitrogens with one attached hydrogen (secondary N) is 1. The maximum absolute atomic E-state index is 5.50. The Morgan fingerprint density at radius 1 is 1.29 bits per heavy atom. The van der Waals surface area contributed by atoms with Crippen LogP contribution < -0.4 is 5.32 Å². The van der Waals surface area contributed by atoms with E-state index in [0.29, 0.717) is 5.41 Å². The molecule has 2 nitrogen and oxygen atoms in total. The van der Waals surface area contributed by atoms with Crippen molar-refractivity contribution in [2.75, 3.05) is 26.8 Å². The van der Waals surface area contributed by atoms with E-state index in [0.717, 1.165) is 39.0 Å². The van der Waals surface area contributed by atoms with E-state index in [1.165, 1.54) is 10.0 Å². The molecule has 0 saturated carbocycles. The minimum Gasteiger partial charge on any atom is -0.381 e. The lowest BCUT2D eigenvalue weighted by Crippen LogP contribution is -2.39. The van der Waals surface area contributed by atoms with Gasteiger partial charge < -0.3 is 10.1 Å². The highest BCUT2D eigenvalue weighted by molar-refractivity contribution is 9.10. The molecule has 17 heavy (non-hydrogen) atoms. The summed E-state index contributed by atoms with van der Waals surface area (Å²) in [4.78, 5) is 0. The second kappa shape index (κ2) is 5.98. The first kappa shape index (κ1) is 13.1. The van der Waals surface area contributed by atoms with E-state index >= 15 is 0 Å². The zero-order valence-corrected chi connectivity index (χ0v) is 11.9. The standard InChI is InChI=1S/C14H20BrNO/c1-16-11-14(6-8-17-9-7-14)10-12-4-2-3-5-13(12)15/h2-5,16H,6-11H2,1H3. The Hall–Kier alpha value is -0.380. The Morgan fingerprint density at radius 3 is 2.65 bits per heavy atom. The summed E-state index contributed by atoms with van der Waals surface area (Å²) in [6.45, 7) is 2.86. The third-order valence-electron chi connectivity index (χ3n) is 3.63. The molecular weight excluding hydrogens is 278 g/mol. The first-order valence-electron chi connectivity index (χ1n) is 6.22. The van der Waals surface area contributed by atoms with Crippen molar-refractivity contribution in [3.8, 4) is 0 Å². The summed E-state index contributed by atoms with van der Waals surface area (Å²) in [5.41, 5.74) is 1.77. The summed E-state index contributed by atoms with van der Waals surface area (Å²) in [5.74, 6) is 0. The normalized spacial score (nSPS) is 19.2. The van der Waals surface area contributed by atoms with Crippen LogP contribution in [0.1, 0.15) is 18.4 Å². The number of ether oxygens (including phenoxy) is 1. The molecule has 0 spiro atoms. The highest BCUT2D eigenvalue weighted by Gasteiger charge is 2.32. The fraction of sp³-hybridized carbons (Fsp3) is 0.571. The molecule has 1 aliphatic heterocycles. The fourth-order valence-corrected chi connectivity index (χ4v) is 3.07. The minimum absolute atomic E-state index is 0.358. The van der Waals surface area contributed by atoms with E-state index in [9.17, 15) is 0 Å². The van der Waals surface area contributed by atoms with Crippen LogP contribution in [0.2, 0.25) is 0 Å². The van der Waals surface area contributed by atoms with Crippen molar-refractivity contribution in [3.63, 3.8) is 0 Å². The monoisotopic (exact) mass is 297 g/mol. The molecule has 0 amide bonds. The molecule has 1 aromatic rings. The summed E-state index contributed by atoms with van der Waals surface area (Å²) >= 11 is 3.65. The van der Waals surface area contributed by atoms with Crippen LogP contribution in [-0.4, -0.2) is 26.8 Å². The molecule has 1 fully saturated rings. The average Bonchev–Trinajstić information content (AvgIpc) is 2.34. The predicted molar refractivity (Wildman–Crippen MR) is 74.3 cm³/mol. The van der Waals surface area contributed by atoms with E-state index in [1.54, 1.807) is 0 Å². The molecule has 1 aromatic carbocycles. The number of halogens is 1. The van der Waals surface area contributed by atoms with E-state index in [2.05, 4.69) is 45.5 Å². The maximum atomic E-state index is 5.50. The molecular formula is C14H20BrNO. The SMILES string of the molecule is CNCC1(Cc2ccccc2Br)CCOCC1. The van der Waals surface area contributed by atoms with Gasteiger partial charge in [0.05, 0.1) is 0 Å². The van der Waals surface area contributed by atoms with Gasteiger partial charge in [0.15, 0.2) is 0 Å². The molecule has 0 atom stereocenters. The van der Waals surface area contributed by atoms with Gasteiger partial charge in [-0.25, -0.2) is 0 Å². The van der Waals surface area contributed by atoms with Crippen LogP contribution in [-0.2, 0) is 11.2 Å². The van der Waals surface area contributed by atoms with Gasteiger partial charge in [-0.05, 0) is 43.4 Å². The van der Waals surface area contributed by atoms with Crippen LogP contribution in [0.15, 0.2) is 28.7 Å². The molecule has 0 unspecified atom stereocenters. The van der Waals surface area contributed by atoms with Crippen LogP contribution in [0.25, 0.3) is 0 Å². The second-order valence-electron chi connectivity index (χ2n) is 4.91. The Bertz CT molecular complexity index is 355.